The number of hydrogen-bond acceptors (Lipinski definition) is 1. The zero-order valence-electron chi connectivity index (χ0n) is 24.7. The normalized spacial score (nSPS) is 11.4. The molecule has 0 N–H and O–H groups in total. The van der Waals surface area contributed by atoms with Gasteiger partial charge in [0, 0.05) is 12.8 Å². The van der Waals surface area contributed by atoms with E-state index in [1.54, 1.807) is 0 Å². The third kappa shape index (κ3) is 31.6. The summed E-state index contributed by atoms with van der Waals surface area (Å²) in [5, 5.41) is 0. The molecule has 0 aromatic rings. The number of carbonyl (C=O) groups is 1. The van der Waals surface area contributed by atoms with Gasteiger partial charge in [0.1, 0.15) is 5.78 Å². The highest BCUT2D eigenvalue weighted by molar-refractivity contribution is 5.86. The van der Waals surface area contributed by atoms with Gasteiger partial charge in [-0.05, 0) is 12.8 Å². The van der Waals surface area contributed by atoms with Crippen molar-refractivity contribution in [3.63, 3.8) is 0 Å². The Kier molecular flexibility index (Phi) is 31.4. The Morgan fingerprint density at radius 3 is 0.943 bits per heavy atom. The number of rotatable bonds is 31. The van der Waals surface area contributed by atoms with Crippen molar-refractivity contribution in [2.24, 2.45) is 0 Å². The number of unbranched alkanes of at least 4 members (excludes halogenated alkanes) is 27. The number of ketones is 1. The van der Waals surface area contributed by atoms with Crippen LogP contribution < -0.4 is 0 Å². The van der Waals surface area contributed by atoms with Crippen LogP contribution in [0.4, 0.5) is 0 Å². The minimum Gasteiger partial charge on any atom is -0.299 e. The van der Waals surface area contributed by atoms with E-state index in [1.165, 1.54) is 173 Å². The summed E-state index contributed by atoms with van der Waals surface area (Å²) in [7, 11) is 0. The van der Waals surface area contributed by atoms with Crippen LogP contribution in [0.15, 0.2) is 0 Å². The summed E-state index contributed by atoms with van der Waals surface area (Å²) >= 11 is 0. The molecule has 0 aromatic heterocycles. The van der Waals surface area contributed by atoms with E-state index in [9.17, 15) is 4.79 Å². The molecule has 0 aliphatic rings. The summed E-state index contributed by atoms with van der Waals surface area (Å²) in [6, 6.07) is 0. The molecule has 0 unspecified atom stereocenters. The quantitative estimate of drug-likeness (QED) is 0.0881. The Morgan fingerprint density at radius 1 is 0.371 bits per heavy atom. The van der Waals surface area contributed by atoms with E-state index in [4.69, 9.17) is 0 Å². The topological polar surface area (TPSA) is 17.1 Å². The minimum atomic E-state index is 0.401. The molecule has 0 atom stereocenters. The monoisotopic (exact) mass is 492 g/mol. The van der Waals surface area contributed by atoms with Crippen molar-refractivity contribution in [1.82, 2.24) is 0 Å². The molecule has 0 bridgehead atoms. The van der Waals surface area contributed by atoms with Crippen LogP contribution >= 0.6 is 0 Å². The lowest BCUT2D eigenvalue weighted by Crippen LogP contribution is -1.98. The van der Waals surface area contributed by atoms with E-state index in [1.807, 2.05) is 6.42 Å². The molecule has 1 nitrogen and oxygen atoms in total. The molecular weight excluding hydrogens is 424 g/mol. The first-order valence-corrected chi connectivity index (χ1v) is 16.7. The van der Waals surface area contributed by atoms with E-state index in [0.29, 0.717) is 5.78 Å². The van der Waals surface area contributed by atoms with Gasteiger partial charge < -0.3 is 0 Å². The number of Topliss-reactive ketones (excluding diaryl/α,β-unsaturated/α-hetero) is 1. The second kappa shape index (κ2) is 31.7. The van der Waals surface area contributed by atoms with Gasteiger partial charge in [-0.25, -0.2) is 0 Å². The standard InChI is InChI=1S/C34H67O/c1-3-5-7-9-11-13-15-17-18-19-21-23-25-27-29-31-33-34(35)32-30-28-26-24-22-20-16-14-12-10-8-6-4-2/h33H,3-32H2,1-2H3. The average Bonchev–Trinajstić information content (AvgIpc) is 2.86. The first-order valence-electron chi connectivity index (χ1n) is 16.7. The Bertz CT molecular complexity index is 388. The lowest BCUT2D eigenvalue weighted by molar-refractivity contribution is -0.116. The van der Waals surface area contributed by atoms with E-state index in [-0.39, 0.29) is 0 Å². The molecule has 0 aromatic carbocycles. The summed E-state index contributed by atoms with van der Waals surface area (Å²) in [5.41, 5.74) is 0. The number of hydrogen-bond donors (Lipinski definition) is 0. The van der Waals surface area contributed by atoms with Crippen LogP contribution in [0, 0.1) is 6.42 Å². The molecule has 0 aliphatic carbocycles. The Balaban J connectivity index is 3.14. The third-order valence-electron chi connectivity index (χ3n) is 7.71. The predicted molar refractivity (Wildman–Crippen MR) is 159 cm³/mol. The maximum atomic E-state index is 12.0. The highest BCUT2D eigenvalue weighted by atomic mass is 16.1. The van der Waals surface area contributed by atoms with Crippen LogP contribution in [0.1, 0.15) is 206 Å². The van der Waals surface area contributed by atoms with Gasteiger partial charge in [-0.1, -0.05) is 187 Å². The number of carbonyl (C=O) groups excluding carboxylic acids is 1. The second-order valence-corrected chi connectivity index (χ2v) is 11.4. The average molecular weight is 492 g/mol. The smallest absolute Gasteiger partial charge is 0.136 e. The fourth-order valence-corrected chi connectivity index (χ4v) is 5.20. The van der Waals surface area contributed by atoms with Crippen molar-refractivity contribution in [2.45, 2.75) is 206 Å². The van der Waals surface area contributed by atoms with Gasteiger partial charge in [0.05, 0.1) is 0 Å². The molecule has 0 saturated carbocycles. The zero-order chi connectivity index (χ0) is 25.5. The fraction of sp³-hybridized carbons (Fsp3) is 0.941. The molecule has 1 heteroatoms. The van der Waals surface area contributed by atoms with Crippen molar-refractivity contribution >= 4 is 5.78 Å². The summed E-state index contributed by atoms with van der Waals surface area (Å²) in [6.45, 7) is 4.58. The second-order valence-electron chi connectivity index (χ2n) is 11.4. The highest BCUT2D eigenvalue weighted by Crippen LogP contribution is 2.15. The molecule has 35 heavy (non-hydrogen) atoms. The Morgan fingerprint density at radius 2 is 0.629 bits per heavy atom. The van der Waals surface area contributed by atoms with Crippen LogP contribution in [0.3, 0.4) is 0 Å². The summed E-state index contributed by atoms with van der Waals surface area (Å²) in [6.07, 6.45) is 42.6. The zero-order valence-corrected chi connectivity index (χ0v) is 24.7. The van der Waals surface area contributed by atoms with Gasteiger partial charge >= 0.3 is 0 Å². The molecule has 0 spiro atoms. The van der Waals surface area contributed by atoms with Crippen LogP contribution in [0.5, 0.6) is 0 Å². The molecule has 0 rings (SSSR count). The van der Waals surface area contributed by atoms with Crippen LogP contribution in [0.2, 0.25) is 0 Å². The predicted octanol–water partition coefficient (Wildman–Crippen LogP) is 12.5. The van der Waals surface area contributed by atoms with Crippen molar-refractivity contribution in [3.05, 3.63) is 6.42 Å². The fourth-order valence-electron chi connectivity index (χ4n) is 5.20. The van der Waals surface area contributed by atoms with Crippen molar-refractivity contribution < 1.29 is 4.79 Å². The maximum absolute atomic E-state index is 12.0. The molecular formula is C34H67O. The molecule has 0 heterocycles. The minimum absolute atomic E-state index is 0.401. The SMILES string of the molecule is CCCCCCCCCCCCCCCCC[CH]C(=O)CCCCCCCCCCCCCCC. The van der Waals surface area contributed by atoms with Crippen molar-refractivity contribution in [1.29, 1.82) is 0 Å². The largest absolute Gasteiger partial charge is 0.299 e. The van der Waals surface area contributed by atoms with Gasteiger partial charge in [-0.2, -0.15) is 0 Å². The third-order valence-corrected chi connectivity index (χ3v) is 7.71. The van der Waals surface area contributed by atoms with Gasteiger partial charge in [-0.15, -0.1) is 0 Å². The van der Waals surface area contributed by atoms with Gasteiger partial charge in [0.15, 0.2) is 0 Å². The summed E-state index contributed by atoms with van der Waals surface area (Å²) in [5.74, 6) is 0.401. The van der Waals surface area contributed by atoms with Crippen LogP contribution in [-0.2, 0) is 4.79 Å². The first kappa shape index (κ1) is 34.7. The first-order chi connectivity index (χ1) is 17.3. The van der Waals surface area contributed by atoms with Crippen molar-refractivity contribution in [3.8, 4) is 0 Å². The van der Waals surface area contributed by atoms with E-state index < -0.39 is 0 Å². The maximum Gasteiger partial charge on any atom is 0.136 e. The van der Waals surface area contributed by atoms with E-state index in [0.717, 1.165) is 19.3 Å². The Labute approximate surface area is 223 Å². The summed E-state index contributed by atoms with van der Waals surface area (Å²) in [4.78, 5) is 12.0. The molecule has 0 fully saturated rings. The van der Waals surface area contributed by atoms with Crippen molar-refractivity contribution in [2.75, 3.05) is 0 Å². The van der Waals surface area contributed by atoms with E-state index in [2.05, 4.69) is 13.8 Å². The van der Waals surface area contributed by atoms with E-state index >= 15 is 0 Å². The molecule has 0 aliphatic heterocycles. The lowest BCUT2D eigenvalue weighted by atomic mass is 10.0. The summed E-state index contributed by atoms with van der Waals surface area (Å²) < 4.78 is 0. The van der Waals surface area contributed by atoms with Gasteiger partial charge in [0.2, 0.25) is 0 Å². The lowest BCUT2D eigenvalue weighted by Gasteiger charge is -2.04. The van der Waals surface area contributed by atoms with Crippen LogP contribution in [-0.4, -0.2) is 5.78 Å². The van der Waals surface area contributed by atoms with Crippen LogP contribution in [0.25, 0.3) is 0 Å². The molecule has 0 saturated heterocycles. The molecule has 209 valence electrons. The molecule has 0 amide bonds. The van der Waals surface area contributed by atoms with Gasteiger partial charge in [-0.3, -0.25) is 4.79 Å². The van der Waals surface area contributed by atoms with Gasteiger partial charge in [0.25, 0.3) is 0 Å². The Hall–Kier alpha value is -0.330. The highest BCUT2D eigenvalue weighted by Gasteiger charge is 2.02. The molecule has 1 radical (unpaired) electrons.